The number of hydrogen-bond donors (Lipinski definition) is 0. The molecule has 1 saturated carbocycles. The Morgan fingerprint density at radius 1 is 1.25 bits per heavy atom. The van der Waals surface area contributed by atoms with E-state index in [1.165, 1.54) is 18.4 Å². The van der Waals surface area contributed by atoms with Gasteiger partial charge in [0.15, 0.2) is 0 Å². The first kappa shape index (κ1) is 15.6. The lowest BCUT2D eigenvalue weighted by Crippen LogP contribution is -2.44. The van der Waals surface area contributed by atoms with Gasteiger partial charge in [0, 0.05) is 12.6 Å². The van der Waals surface area contributed by atoms with E-state index in [4.69, 9.17) is 0 Å². The van der Waals surface area contributed by atoms with Crippen LogP contribution in [0.3, 0.4) is 0 Å². The van der Waals surface area contributed by atoms with Crippen molar-refractivity contribution in [3.63, 3.8) is 0 Å². The molecule has 0 aliphatic heterocycles. The van der Waals surface area contributed by atoms with E-state index in [1.54, 1.807) is 0 Å². The second kappa shape index (κ2) is 6.75. The minimum absolute atomic E-state index is 0.0904. The number of hydrogen-bond acceptors (Lipinski definition) is 1. The summed E-state index contributed by atoms with van der Waals surface area (Å²) < 4.78 is 0. The molecule has 3 heteroatoms. The number of benzene rings is 1. The Morgan fingerprint density at radius 2 is 1.85 bits per heavy atom. The van der Waals surface area contributed by atoms with Crippen LogP contribution in [0.5, 0.6) is 0 Å². The summed E-state index contributed by atoms with van der Waals surface area (Å²) >= 11 is 3.57. The van der Waals surface area contributed by atoms with Crippen LogP contribution < -0.4 is 0 Å². The number of carbonyl (C=O) groups excluding carboxylic acids is 1. The smallest absolute Gasteiger partial charge is 0.237 e. The molecule has 2 rings (SSSR count). The molecule has 1 aliphatic rings. The van der Waals surface area contributed by atoms with Gasteiger partial charge in [0.1, 0.15) is 0 Å². The largest absolute Gasteiger partial charge is 0.334 e. The average Bonchev–Trinajstić information content (AvgIpc) is 3.28. The van der Waals surface area contributed by atoms with Crippen LogP contribution in [0, 0.1) is 11.8 Å². The Balaban J connectivity index is 2.14. The second-order valence-electron chi connectivity index (χ2n) is 6.18. The number of amides is 1. The molecule has 0 spiro atoms. The Hall–Kier alpha value is -0.830. The summed E-state index contributed by atoms with van der Waals surface area (Å²) in [5.74, 6) is 1.23. The van der Waals surface area contributed by atoms with Gasteiger partial charge in [-0.1, -0.05) is 60.1 Å². The number of nitrogens with zero attached hydrogens (tertiary/aromatic N) is 1. The van der Waals surface area contributed by atoms with Gasteiger partial charge < -0.3 is 4.90 Å². The van der Waals surface area contributed by atoms with Gasteiger partial charge in [-0.25, -0.2) is 0 Å². The van der Waals surface area contributed by atoms with E-state index in [0.29, 0.717) is 24.4 Å². The van der Waals surface area contributed by atoms with Crippen LogP contribution in [0.4, 0.5) is 0 Å². The van der Waals surface area contributed by atoms with Crippen molar-refractivity contribution in [2.45, 2.75) is 51.0 Å². The van der Waals surface area contributed by atoms with Crippen molar-refractivity contribution in [2.24, 2.45) is 11.8 Å². The predicted molar refractivity (Wildman–Crippen MR) is 86.7 cm³/mol. The fourth-order valence-electron chi connectivity index (χ4n) is 2.48. The standard InChI is InChI=1S/C17H24BrNO/c1-12(2)16(18)17(20)19(13(3)15-9-10-15)11-14-7-5-4-6-8-14/h4-8,12-13,15-16H,9-11H2,1-3H3. The third-order valence-electron chi connectivity index (χ3n) is 4.10. The predicted octanol–water partition coefficient (Wildman–Crippen LogP) is 4.23. The minimum Gasteiger partial charge on any atom is -0.334 e. The third kappa shape index (κ3) is 3.85. The summed E-state index contributed by atoms with van der Waals surface area (Å²) in [5.41, 5.74) is 1.21. The Labute approximate surface area is 130 Å². The highest BCUT2D eigenvalue weighted by Gasteiger charge is 2.36. The van der Waals surface area contributed by atoms with Gasteiger partial charge in [-0.15, -0.1) is 0 Å². The highest BCUT2D eigenvalue weighted by molar-refractivity contribution is 9.10. The monoisotopic (exact) mass is 337 g/mol. The van der Waals surface area contributed by atoms with Gasteiger partial charge in [-0.05, 0) is 37.2 Å². The summed E-state index contributed by atoms with van der Waals surface area (Å²) in [5, 5.41) is 0. The minimum atomic E-state index is -0.0904. The Bertz CT molecular complexity index is 442. The van der Waals surface area contributed by atoms with E-state index in [9.17, 15) is 4.79 Å². The first-order chi connectivity index (χ1) is 9.50. The maximum Gasteiger partial charge on any atom is 0.237 e. The lowest BCUT2D eigenvalue weighted by molar-refractivity contribution is -0.134. The molecule has 0 saturated heterocycles. The van der Waals surface area contributed by atoms with Crippen molar-refractivity contribution in [1.29, 1.82) is 0 Å². The van der Waals surface area contributed by atoms with Crippen molar-refractivity contribution in [1.82, 2.24) is 4.90 Å². The normalized spacial score (nSPS) is 17.9. The molecular formula is C17H24BrNO. The molecule has 0 bridgehead atoms. The molecule has 0 aromatic heterocycles. The van der Waals surface area contributed by atoms with E-state index in [0.717, 1.165) is 0 Å². The highest BCUT2D eigenvalue weighted by Crippen LogP contribution is 2.36. The third-order valence-corrected chi connectivity index (χ3v) is 5.54. The lowest BCUT2D eigenvalue weighted by Gasteiger charge is -2.32. The quantitative estimate of drug-likeness (QED) is 0.711. The fraction of sp³-hybridized carbons (Fsp3) is 0.588. The van der Waals surface area contributed by atoms with Crippen LogP contribution in [0.25, 0.3) is 0 Å². The van der Waals surface area contributed by atoms with Gasteiger partial charge in [-0.3, -0.25) is 4.79 Å². The summed E-state index contributed by atoms with van der Waals surface area (Å²) in [4.78, 5) is 14.7. The zero-order valence-electron chi connectivity index (χ0n) is 12.6. The molecule has 1 aromatic carbocycles. The summed E-state index contributed by atoms with van der Waals surface area (Å²) in [7, 11) is 0. The molecule has 2 atom stereocenters. The van der Waals surface area contributed by atoms with E-state index in [-0.39, 0.29) is 10.7 Å². The number of rotatable bonds is 6. The van der Waals surface area contributed by atoms with Gasteiger partial charge in [0.05, 0.1) is 4.83 Å². The van der Waals surface area contributed by atoms with Crippen LogP contribution in [-0.4, -0.2) is 21.7 Å². The van der Waals surface area contributed by atoms with Gasteiger partial charge in [-0.2, -0.15) is 0 Å². The van der Waals surface area contributed by atoms with Crippen LogP contribution in [-0.2, 0) is 11.3 Å². The average molecular weight is 338 g/mol. The summed E-state index contributed by atoms with van der Waals surface area (Å²) in [6.07, 6.45) is 2.52. The van der Waals surface area contributed by atoms with Crippen LogP contribution in [0.1, 0.15) is 39.2 Å². The maximum absolute atomic E-state index is 12.7. The molecule has 0 radical (unpaired) electrons. The number of halogens is 1. The first-order valence-corrected chi connectivity index (χ1v) is 8.40. The Kier molecular flexibility index (Phi) is 5.25. The molecule has 1 amide bonds. The second-order valence-corrected chi connectivity index (χ2v) is 7.16. The van der Waals surface area contributed by atoms with E-state index < -0.39 is 0 Å². The van der Waals surface area contributed by atoms with Gasteiger partial charge in [0.2, 0.25) is 5.91 Å². The van der Waals surface area contributed by atoms with Crippen molar-refractivity contribution in [3.8, 4) is 0 Å². The number of alkyl halides is 1. The highest BCUT2D eigenvalue weighted by atomic mass is 79.9. The zero-order valence-corrected chi connectivity index (χ0v) is 14.1. The summed E-state index contributed by atoms with van der Waals surface area (Å²) in [6, 6.07) is 10.6. The zero-order chi connectivity index (χ0) is 14.7. The summed E-state index contributed by atoms with van der Waals surface area (Å²) in [6.45, 7) is 7.07. The lowest BCUT2D eigenvalue weighted by atomic mass is 10.1. The fourth-order valence-corrected chi connectivity index (χ4v) is 2.74. The van der Waals surface area contributed by atoms with Gasteiger partial charge in [0.25, 0.3) is 0 Å². The molecule has 2 unspecified atom stereocenters. The molecule has 0 heterocycles. The Morgan fingerprint density at radius 3 is 2.35 bits per heavy atom. The van der Waals surface area contributed by atoms with E-state index >= 15 is 0 Å². The molecule has 110 valence electrons. The van der Waals surface area contributed by atoms with Gasteiger partial charge >= 0.3 is 0 Å². The molecular weight excluding hydrogens is 314 g/mol. The molecule has 1 fully saturated rings. The van der Waals surface area contributed by atoms with Crippen molar-refractivity contribution in [2.75, 3.05) is 0 Å². The molecule has 1 aromatic rings. The topological polar surface area (TPSA) is 20.3 Å². The molecule has 2 nitrogen and oxygen atoms in total. The van der Waals surface area contributed by atoms with Crippen LogP contribution >= 0.6 is 15.9 Å². The van der Waals surface area contributed by atoms with E-state index in [1.807, 2.05) is 18.2 Å². The molecule has 0 N–H and O–H groups in total. The molecule has 20 heavy (non-hydrogen) atoms. The SMILES string of the molecule is CC(C)C(Br)C(=O)N(Cc1ccccc1)C(C)C1CC1. The molecule has 1 aliphatic carbocycles. The maximum atomic E-state index is 12.7. The first-order valence-electron chi connectivity index (χ1n) is 7.49. The van der Waals surface area contributed by atoms with E-state index in [2.05, 4.69) is 53.7 Å². The van der Waals surface area contributed by atoms with Crippen molar-refractivity contribution >= 4 is 21.8 Å². The van der Waals surface area contributed by atoms with Crippen molar-refractivity contribution in [3.05, 3.63) is 35.9 Å². The van der Waals surface area contributed by atoms with Crippen molar-refractivity contribution < 1.29 is 4.79 Å². The number of carbonyl (C=O) groups is 1. The van der Waals surface area contributed by atoms with Crippen LogP contribution in [0.2, 0.25) is 0 Å². The van der Waals surface area contributed by atoms with Crippen LogP contribution in [0.15, 0.2) is 30.3 Å².